The number of carbonyl (C=O) groups is 1. The van der Waals surface area contributed by atoms with Crippen molar-refractivity contribution in [3.63, 3.8) is 0 Å². The summed E-state index contributed by atoms with van der Waals surface area (Å²) < 4.78 is 0. The van der Waals surface area contributed by atoms with E-state index in [2.05, 4.69) is 30.7 Å². The highest BCUT2D eigenvalue weighted by atomic mass is 16.1. The number of carbonyl (C=O) groups excluding carboxylic acids is 1. The van der Waals surface area contributed by atoms with E-state index in [4.69, 9.17) is 0 Å². The average Bonchev–Trinajstić information content (AvgIpc) is 3.09. The third-order valence-electron chi connectivity index (χ3n) is 3.86. The second kappa shape index (κ2) is 6.25. The van der Waals surface area contributed by atoms with Gasteiger partial charge in [0.2, 0.25) is 0 Å². The van der Waals surface area contributed by atoms with Gasteiger partial charge in [-0.1, -0.05) is 18.2 Å². The Labute approximate surface area is 147 Å². The number of aryl methyl sites for hydroxylation is 1. The topological polar surface area (TPSA) is 116 Å². The molecular weight excluding hydrogens is 332 g/mol. The molecule has 8 nitrogen and oxygen atoms in total. The van der Waals surface area contributed by atoms with Gasteiger partial charge in [-0.3, -0.25) is 9.59 Å². The van der Waals surface area contributed by atoms with Crippen molar-refractivity contribution in [1.29, 1.82) is 0 Å². The van der Waals surface area contributed by atoms with Crippen LogP contribution in [-0.4, -0.2) is 31.3 Å². The molecule has 26 heavy (non-hydrogen) atoms. The number of hydrogen-bond acceptors (Lipinski definition) is 5. The lowest BCUT2D eigenvalue weighted by atomic mass is 10.1. The quantitative estimate of drug-likeness (QED) is 0.526. The third kappa shape index (κ3) is 2.95. The minimum absolute atomic E-state index is 0.223. The van der Waals surface area contributed by atoms with E-state index in [1.807, 2.05) is 6.07 Å². The maximum Gasteiger partial charge on any atom is 0.258 e. The first-order valence-corrected chi connectivity index (χ1v) is 7.89. The van der Waals surface area contributed by atoms with Crippen molar-refractivity contribution in [3.05, 3.63) is 70.1 Å². The van der Waals surface area contributed by atoms with Crippen LogP contribution in [0.3, 0.4) is 0 Å². The highest BCUT2D eigenvalue weighted by Gasteiger charge is 2.13. The molecule has 0 aliphatic heterocycles. The maximum atomic E-state index is 12.6. The van der Waals surface area contributed by atoms with Crippen LogP contribution >= 0.6 is 0 Å². The molecule has 0 aliphatic rings. The standard InChI is InChI=1S/C18H14N6O2/c1-10-8-15(25)21-17(19-10)11-4-2-5-12(9-11)20-18(26)13-6-3-7-14-16(13)23-24-22-14/h2-9H,1H3,(H,20,26)(H,19,21,25)(H,22,23,24). The second-order valence-corrected chi connectivity index (χ2v) is 5.77. The molecule has 0 bridgehead atoms. The van der Waals surface area contributed by atoms with E-state index in [9.17, 15) is 9.59 Å². The van der Waals surface area contributed by atoms with Gasteiger partial charge in [0.15, 0.2) is 0 Å². The molecule has 4 aromatic rings. The SMILES string of the molecule is Cc1cc(=O)[nH]c(-c2cccc(NC(=O)c3cccc4n[nH]nc34)c2)n1. The number of anilines is 1. The Morgan fingerprint density at radius 1 is 1.08 bits per heavy atom. The Hall–Kier alpha value is -3.81. The van der Waals surface area contributed by atoms with Gasteiger partial charge in [0.05, 0.1) is 5.56 Å². The molecule has 1 amide bonds. The number of H-pyrrole nitrogens is 2. The number of benzene rings is 2. The minimum Gasteiger partial charge on any atom is -0.322 e. The highest BCUT2D eigenvalue weighted by molar-refractivity contribution is 6.11. The molecule has 2 heterocycles. The molecule has 128 valence electrons. The summed E-state index contributed by atoms with van der Waals surface area (Å²) in [4.78, 5) is 31.3. The molecule has 8 heteroatoms. The predicted molar refractivity (Wildman–Crippen MR) is 96.9 cm³/mol. The minimum atomic E-state index is -0.299. The zero-order valence-electron chi connectivity index (χ0n) is 13.8. The molecule has 2 aromatic carbocycles. The van der Waals surface area contributed by atoms with Crippen molar-refractivity contribution >= 4 is 22.6 Å². The Morgan fingerprint density at radius 3 is 2.77 bits per heavy atom. The highest BCUT2D eigenvalue weighted by Crippen LogP contribution is 2.20. The first-order valence-electron chi connectivity index (χ1n) is 7.89. The van der Waals surface area contributed by atoms with Crippen molar-refractivity contribution < 1.29 is 4.79 Å². The summed E-state index contributed by atoms with van der Waals surface area (Å²) in [6.07, 6.45) is 0. The van der Waals surface area contributed by atoms with Crippen LogP contribution in [-0.2, 0) is 0 Å². The van der Waals surface area contributed by atoms with Gasteiger partial charge in [-0.05, 0) is 31.2 Å². The molecule has 3 N–H and O–H groups in total. The van der Waals surface area contributed by atoms with Crippen molar-refractivity contribution in [1.82, 2.24) is 25.4 Å². The number of amides is 1. The van der Waals surface area contributed by atoms with Crippen LogP contribution in [0.5, 0.6) is 0 Å². The summed E-state index contributed by atoms with van der Waals surface area (Å²) in [5, 5.41) is 13.4. The van der Waals surface area contributed by atoms with Crippen LogP contribution in [0.25, 0.3) is 22.4 Å². The Bertz CT molecular complexity index is 1180. The molecule has 0 aliphatic carbocycles. The smallest absolute Gasteiger partial charge is 0.258 e. The van der Waals surface area contributed by atoms with E-state index in [0.717, 1.165) is 0 Å². The fourth-order valence-corrected chi connectivity index (χ4v) is 2.71. The van der Waals surface area contributed by atoms with Crippen molar-refractivity contribution in [3.8, 4) is 11.4 Å². The molecule has 0 radical (unpaired) electrons. The zero-order valence-corrected chi connectivity index (χ0v) is 13.8. The maximum absolute atomic E-state index is 12.6. The zero-order chi connectivity index (χ0) is 18.1. The van der Waals surface area contributed by atoms with Crippen LogP contribution < -0.4 is 10.9 Å². The number of hydrogen-bond donors (Lipinski definition) is 3. The van der Waals surface area contributed by atoms with Crippen LogP contribution in [0.15, 0.2) is 53.3 Å². The van der Waals surface area contributed by atoms with E-state index in [-0.39, 0.29) is 11.5 Å². The lowest BCUT2D eigenvalue weighted by Crippen LogP contribution is -2.13. The van der Waals surface area contributed by atoms with E-state index < -0.39 is 0 Å². The first kappa shape index (κ1) is 15.7. The molecule has 0 spiro atoms. The number of fused-ring (bicyclic) bond motifs is 1. The number of aromatic nitrogens is 5. The molecule has 0 saturated heterocycles. The summed E-state index contributed by atoms with van der Waals surface area (Å²) in [6.45, 7) is 1.75. The van der Waals surface area contributed by atoms with Gasteiger partial charge >= 0.3 is 0 Å². The van der Waals surface area contributed by atoms with Gasteiger partial charge in [0, 0.05) is 23.0 Å². The van der Waals surface area contributed by atoms with Gasteiger partial charge in [-0.2, -0.15) is 15.4 Å². The summed E-state index contributed by atoms with van der Waals surface area (Å²) in [5.74, 6) is 0.150. The van der Waals surface area contributed by atoms with Crippen LogP contribution in [0.2, 0.25) is 0 Å². The second-order valence-electron chi connectivity index (χ2n) is 5.77. The number of para-hydroxylation sites is 1. The summed E-state index contributed by atoms with van der Waals surface area (Å²) >= 11 is 0. The monoisotopic (exact) mass is 346 g/mol. The van der Waals surface area contributed by atoms with Crippen molar-refractivity contribution in [2.75, 3.05) is 5.32 Å². The van der Waals surface area contributed by atoms with Gasteiger partial charge in [0.25, 0.3) is 11.5 Å². The Balaban J connectivity index is 1.66. The largest absolute Gasteiger partial charge is 0.322 e. The number of rotatable bonds is 3. The summed E-state index contributed by atoms with van der Waals surface area (Å²) in [7, 11) is 0. The molecule has 0 fully saturated rings. The molecule has 0 atom stereocenters. The van der Waals surface area contributed by atoms with Gasteiger partial charge in [-0.15, -0.1) is 0 Å². The number of nitrogens with zero attached hydrogens (tertiary/aromatic N) is 3. The fraction of sp³-hybridized carbons (Fsp3) is 0.0556. The van der Waals surface area contributed by atoms with Gasteiger partial charge in [0.1, 0.15) is 16.9 Å². The average molecular weight is 346 g/mol. The molecule has 2 aromatic heterocycles. The fourth-order valence-electron chi connectivity index (χ4n) is 2.71. The van der Waals surface area contributed by atoms with E-state index in [1.54, 1.807) is 43.3 Å². The lowest BCUT2D eigenvalue weighted by molar-refractivity contribution is 0.102. The number of nitrogens with one attached hydrogen (secondary N) is 3. The predicted octanol–water partition coefficient (Wildman–Crippen LogP) is 2.27. The molecule has 0 saturated carbocycles. The molecule has 0 unspecified atom stereocenters. The van der Waals surface area contributed by atoms with E-state index in [0.29, 0.717) is 39.4 Å². The lowest BCUT2D eigenvalue weighted by Gasteiger charge is -2.08. The van der Waals surface area contributed by atoms with Crippen LogP contribution in [0.1, 0.15) is 16.1 Å². The normalized spacial score (nSPS) is 10.8. The summed E-state index contributed by atoms with van der Waals surface area (Å²) in [6, 6.07) is 13.7. The summed E-state index contributed by atoms with van der Waals surface area (Å²) in [5.41, 5.74) is 3.22. The van der Waals surface area contributed by atoms with Gasteiger partial charge in [-0.25, -0.2) is 4.98 Å². The first-order chi connectivity index (χ1) is 12.6. The van der Waals surface area contributed by atoms with Crippen LogP contribution in [0.4, 0.5) is 5.69 Å². The Kier molecular flexibility index (Phi) is 3.77. The van der Waals surface area contributed by atoms with Crippen LogP contribution in [0, 0.1) is 6.92 Å². The third-order valence-corrected chi connectivity index (χ3v) is 3.86. The number of aromatic amines is 2. The molecular formula is C18H14N6O2. The van der Waals surface area contributed by atoms with Crippen molar-refractivity contribution in [2.45, 2.75) is 6.92 Å². The van der Waals surface area contributed by atoms with E-state index in [1.165, 1.54) is 6.07 Å². The molecule has 4 rings (SSSR count). The Morgan fingerprint density at radius 2 is 1.92 bits per heavy atom. The van der Waals surface area contributed by atoms with Crippen molar-refractivity contribution in [2.24, 2.45) is 0 Å². The van der Waals surface area contributed by atoms with E-state index >= 15 is 0 Å². The van der Waals surface area contributed by atoms with Gasteiger partial charge < -0.3 is 10.3 Å².